The first-order chi connectivity index (χ1) is 12.4. The lowest BCUT2D eigenvalue weighted by molar-refractivity contribution is -0.123. The normalized spacial score (nSPS) is 11.9. The van der Waals surface area contributed by atoms with E-state index in [1.165, 1.54) is 0 Å². The number of carbonyl (C=O) groups excluding carboxylic acids is 1. The van der Waals surface area contributed by atoms with Gasteiger partial charge in [-0.2, -0.15) is 0 Å². The average Bonchev–Trinajstić information content (AvgIpc) is 2.61. The van der Waals surface area contributed by atoms with Crippen LogP contribution in [-0.2, 0) is 4.79 Å². The molecule has 2 aromatic carbocycles. The van der Waals surface area contributed by atoms with Gasteiger partial charge in [-0.1, -0.05) is 36.4 Å². The van der Waals surface area contributed by atoms with Crippen molar-refractivity contribution in [3.05, 3.63) is 59.2 Å². The van der Waals surface area contributed by atoms with Crippen molar-refractivity contribution in [1.29, 1.82) is 0 Å². The quantitative estimate of drug-likeness (QED) is 0.790. The Kier molecular flexibility index (Phi) is 7.04. The van der Waals surface area contributed by atoms with E-state index in [4.69, 9.17) is 9.47 Å². The van der Waals surface area contributed by atoms with Crippen LogP contribution in [0.25, 0.3) is 0 Å². The maximum Gasteiger partial charge on any atom is 0.258 e. The predicted octanol–water partition coefficient (Wildman–Crippen LogP) is 3.11. The number of ether oxygens (including phenoxy) is 2. The molecule has 0 heterocycles. The Morgan fingerprint density at radius 1 is 1.08 bits per heavy atom. The van der Waals surface area contributed by atoms with E-state index in [1.54, 1.807) is 7.11 Å². The first kappa shape index (κ1) is 19.8. The molecule has 26 heavy (non-hydrogen) atoms. The Balaban J connectivity index is 1.98. The van der Waals surface area contributed by atoms with Crippen molar-refractivity contribution in [3.63, 3.8) is 0 Å². The van der Waals surface area contributed by atoms with Gasteiger partial charge in [-0.25, -0.2) is 0 Å². The summed E-state index contributed by atoms with van der Waals surface area (Å²) in [6.07, 6.45) is 0. The van der Waals surface area contributed by atoms with Gasteiger partial charge >= 0.3 is 0 Å². The number of benzene rings is 2. The number of nitrogens with zero attached hydrogens (tertiary/aromatic N) is 1. The van der Waals surface area contributed by atoms with Crippen molar-refractivity contribution in [2.45, 2.75) is 19.9 Å². The van der Waals surface area contributed by atoms with E-state index in [2.05, 4.69) is 10.2 Å². The summed E-state index contributed by atoms with van der Waals surface area (Å²) in [5.74, 6) is 1.44. The van der Waals surface area contributed by atoms with Crippen molar-refractivity contribution in [2.24, 2.45) is 0 Å². The molecule has 1 N–H and O–H groups in total. The second kappa shape index (κ2) is 9.25. The van der Waals surface area contributed by atoms with Crippen molar-refractivity contribution in [2.75, 3.05) is 34.4 Å². The maximum atomic E-state index is 12.3. The molecule has 1 atom stereocenters. The molecule has 0 radical (unpaired) electrons. The number of para-hydroxylation sites is 2. The zero-order chi connectivity index (χ0) is 19.1. The molecule has 0 aliphatic rings. The number of hydrogen-bond acceptors (Lipinski definition) is 4. The first-order valence-electron chi connectivity index (χ1n) is 8.69. The smallest absolute Gasteiger partial charge is 0.258 e. The summed E-state index contributed by atoms with van der Waals surface area (Å²) in [6, 6.07) is 13.8. The summed E-state index contributed by atoms with van der Waals surface area (Å²) in [5.41, 5.74) is 3.09. The topological polar surface area (TPSA) is 50.8 Å². The number of nitrogens with one attached hydrogen (secondary N) is 1. The molecule has 0 saturated carbocycles. The van der Waals surface area contributed by atoms with Crippen LogP contribution in [0.15, 0.2) is 42.5 Å². The van der Waals surface area contributed by atoms with Gasteiger partial charge in [0, 0.05) is 12.1 Å². The van der Waals surface area contributed by atoms with Crippen LogP contribution >= 0.6 is 0 Å². The average molecular weight is 356 g/mol. The molecule has 0 aliphatic heterocycles. The number of amides is 1. The molecule has 140 valence electrons. The summed E-state index contributed by atoms with van der Waals surface area (Å²) >= 11 is 0. The lowest BCUT2D eigenvalue weighted by atomic mass is 10.0. The van der Waals surface area contributed by atoms with E-state index >= 15 is 0 Å². The van der Waals surface area contributed by atoms with Crippen LogP contribution in [0.4, 0.5) is 0 Å². The molecule has 0 fully saturated rings. The molecular weight excluding hydrogens is 328 g/mol. The second-order valence-electron chi connectivity index (χ2n) is 6.54. The minimum atomic E-state index is -0.144. The van der Waals surface area contributed by atoms with E-state index in [9.17, 15) is 4.79 Å². The first-order valence-corrected chi connectivity index (χ1v) is 8.69. The van der Waals surface area contributed by atoms with E-state index in [-0.39, 0.29) is 18.6 Å². The van der Waals surface area contributed by atoms with Gasteiger partial charge < -0.3 is 19.7 Å². The van der Waals surface area contributed by atoms with Crippen LogP contribution < -0.4 is 14.8 Å². The summed E-state index contributed by atoms with van der Waals surface area (Å²) < 4.78 is 11.2. The van der Waals surface area contributed by atoms with Crippen LogP contribution in [0.2, 0.25) is 0 Å². The molecular formula is C21H28N2O3. The fraction of sp³-hybridized carbons (Fsp3) is 0.381. The summed E-state index contributed by atoms with van der Waals surface area (Å²) in [5, 5.41) is 2.96. The Labute approximate surface area is 155 Å². The largest absolute Gasteiger partial charge is 0.496 e. The number of carbonyl (C=O) groups is 1. The number of aryl methyl sites for hydroxylation is 2. The highest BCUT2D eigenvalue weighted by atomic mass is 16.5. The number of hydrogen-bond donors (Lipinski definition) is 1. The van der Waals surface area contributed by atoms with Crippen molar-refractivity contribution in [3.8, 4) is 11.5 Å². The van der Waals surface area contributed by atoms with Crippen molar-refractivity contribution < 1.29 is 14.3 Å². The van der Waals surface area contributed by atoms with Crippen LogP contribution in [0.3, 0.4) is 0 Å². The molecule has 5 heteroatoms. The van der Waals surface area contributed by atoms with Crippen LogP contribution in [0, 0.1) is 13.8 Å². The van der Waals surface area contributed by atoms with Crippen molar-refractivity contribution in [1.82, 2.24) is 10.2 Å². The predicted molar refractivity (Wildman–Crippen MR) is 104 cm³/mol. The van der Waals surface area contributed by atoms with Gasteiger partial charge in [0.05, 0.1) is 13.2 Å². The SMILES string of the molecule is COc1ccccc1[C@H](CNC(=O)COc1c(C)cccc1C)N(C)C. The second-order valence-corrected chi connectivity index (χ2v) is 6.54. The lowest BCUT2D eigenvalue weighted by Crippen LogP contribution is -2.37. The minimum absolute atomic E-state index is 0.00222. The standard InChI is InChI=1S/C21H28N2O3/c1-15-9-8-10-16(2)21(15)26-14-20(24)22-13-18(23(3)4)17-11-6-7-12-19(17)25-5/h6-12,18H,13-14H2,1-5H3,(H,22,24)/t18-/m0/s1. The monoisotopic (exact) mass is 356 g/mol. The molecule has 0 spiro atoms. The van der Waals surface area contributed by atoms with Gasteiger partial charge in [-0.05, 0) is 45.1 Å². The van der Waals surface area contributed by atoms with Crippen LogP contribution in [0.5, 0.6) is 11.5 Å². The summed E-state index contributed by atoms with van der Waals surface area (Å²) in [6.45, 7) is 4.42. The lowest BCUT2D eigenvalue weighted by Gasteiger charge is -2.26. The van der Waals surface area contributed by atoms with Gasteiger partial charge in [0.25, 0.3) is 5.91 Å². The highest BCUT2D eigenvalue weighted by Crippen LogP contribution is 2.27. The number of rotatable bonds is 8. The zero-order valence-corrected chi connectivity index (χ0v) is 16.2. The molecule has 0 aromatic heterocycles. The molecule has 2 aromatic rings. The van der Waals surface area contributed by atoms with Gasteiger partial charge in [0.15, 0.2) is 6.61 Å². The third kappa shape index (κ3) is 4.99. The van der Waals surface area contributed by atoms with Crippen LogP contribution in [-0.4, -0.2) is 45.2 Å². The molecule has 0 unspecified atom stereocenters. The highest BCUT2D eigenvalue weighted by Gasteiger charge is 2.19. The number of likely N-dealkylation sites (N-methyl/N-ethyl adjacent to an activating group) is 1. The van der Waals surface area contributed by atoms with Gasteiger partial charge in [-0.3, -0.25) is 4.79 Å². The third-order valence-electron chi connectivity index (χ3n) is 4.37. The fourth-order valence-electron chi connectivity index (χ4n) is 2.94. The Bertz CT molecular complexity index is 724. The zero-order valence-electron chi connectivity index (χ0n) is 16.2. The van der Waals surface area contributed by atoms with Gasteiger partial charge in [0.1, 0.15) is 11.5 Å². The molecule has 0 saturated heterocycles. The Hall–Kier alpha value is -2.53. The van der Waals surface area contributed by atoms with E-state index in [0.29, 0.717) is 6.54 Å². The van der Waals surface area contributed by atoms with Gasteiger partial charge in [-0.15, -0.1) is 0 Å². The molecule has 0 bridgehead atoms. The van der Waals surface area contributed by atoms with E-state index in [1.807, 2.05) is 70.4 Å². The van der Waals surface area contributed by atoms with E-state index < -0.39 is 0 Å². The molecule has 5 nitrogen and oxygen atoms in total. The molecule has 2 rings (SSSR count). The Morgan fingerprint density at radius 2 is 1.73 bits per heavy atom. The van der Waals surface area contributed by atoms with E-state index in [0.717, 1.165) is 28.2 Å². The van der Waals surface area contributed by atoms with Crippen molar-refractivity contribution >= 4 is 5.91 Å². The maximum absolute atomic E-state index is 12.3. The fourth-order valence-corrected chi connectivity index (χ4v) is 2.94. The van der Waals surface area contributed by atoms with Crippen LogP contribution in [0.1, 0.15) is 22.7 Å². The summed E-state index contributed by atoms with van der Waals surface area (Å²) in [7, 11) is 5.62. The third-order valence-corrected chi connectivity index (χ3v) is 4.37. The molecule has 0 aliphatic carbocycles. The summed E-state index contributed by atoms with van der Waals surface area (Å²) in [4.78, 5) is 14.3. The Morgan fingerprint density at radius 3 is 2.35 bits per heavy atom. The number of methoxy groups -OCH3 is 1. The minimum Gasteiger partial charge on any atom is -0.496 e. The highest BCUT2D eigenvalue weighted by molar-refractivity contribution is 5.77. The van der Waals surface area contributed by atoms with Gasteiger partial charge in [0.2, 0.25) is 0 Å². The molecule has 1 amide bonds.